The van der Waals surface area contributed by atoms with Gasteiger partial charge in [0.2, 0.25) is 0 Å². The average molecular weight is 541 g/mol. The van der Waals surface area contributed by atoms with Gasteiger partial charge < -0.3 is 25.1 Å². The van der Waals surface area contributed by atoms with Crippen molar-refractivity contribution in [3.8, 4) is 5.75 Å². The molecule has 1 unspecified atom stereocenters. The van der Waals surface area contributed by atoms with E-state index in [4.69, 9.17) is 9.15 Å². The van der Waals surface area contributed by atoms with E-state index in [-0.39, 0.29) is 11.3 Å². The molecule has 3 aliphatic rings. The van der Waals surface area contributed by atoms with Crippen molar-refractivity contribution in [2.45, 2.75) is 25.9 Å². The molecule has 2 aromatic rings. The Kier molecular flexibility index (Phi) is 9.10. The fourth-order valence-electron chi connectivity index (χ4n) is 4.51. The van der Waals surface area contributed by atoms with E-state index in [0.717, 1.165) is 50.4 Å². The molecule has 0 spiro atoms. The summed E-state index contributed by atoms with van der Waals surface area (Å²) in [5, 5.41) is 10.5. The summed E-state index contributed by atoms with van der Waals surface area (Å²) in [7, 11) is 2.82. The Bertz CT molecular complexity index is 1300. The fourth-order valence-corrected chi connectivity index (χ4v) is 4.51. The number of methoxy groups -OCH3 is 1. The molecule has 0 radical (unpaired) electrons. The number of carbonyl (C=O) groups is 3. The second kappa shape index (κ2) is 12.7. The molecule has 4 N–H and O–H groups in total. The number of rotatable bonds is 5. The van der Waals surface area contributed by atoms with Gasteiger partial charge in [-0.3, -0.25) is 24.8 Å². The molecule has 208 valence electrons. The van der Waals surface area contributed by atoms with Crippen molar-refractivity contribution < 1.29 is 27.9 Å². The minimum atomic E-state index is -0.763. The molecule has 1 aromatic heterocycles. The summed E-state index contributed by atoms with van der Waals surface area (Å²) in [5.41, 5.74) is 2.57. The summed E-state index contributed by atoms with van der Waals surface area (Å²) in [5.74, 6) is -0.243. The number of hydrogen-bond acceptors (Lipinski definition) is 8. The molecule has 5 rings (SSSR count). The van der Waals surface area contributed by atoms with Crippen LogP contribution < -0.4 is 26.0 Å². The van der Waals surface area contributed by atoms with Crippen molar-refractivity contribution in [3.63, 3.8) is 0 Å². The molecule has 12 heteroatoms. The van der Waals surface area contributed by atoms with E-state index in [1.807, 2.05) is 12.2 Å². The van der Waals surface area contributed by atoms with E-state index in [1.54, 1.807) is 19.1 Å². The van der Waals surface area contributed by atoms with E-state index >= 15 is 0 Å². The number of nitrogens with one attached hydrogen (secondary N) is 4. The third kappa shape index (κ3) is 6.70. The van der Waals surface area contributed by atoms with Gasteiger partial charge in [-0.05, 0) is 56.3 Å². The van der Waals surface area contributed by atoms with Crippen LogP contribution in [0.2, 0.25) is 0 Å². The zero-order valence-electron chi connectivity index (χ0n) is 22.2. The molecule has 2 saturated heterocycles. The first kappa shape index (κ1) is 28.0. The molecular weight excluding hydrogens is 507 g/mol. The number of benzene rings is 1. The molecule has 11 nitrogen and oxygen atoms in total. The van der Waals surface area contributed by atoms with Gasteiger partial charge in [0, 0.05) is 38.0 Å². The van der Waals surface area contributed by atoms with Gasteiger partial charge in [0.15, 0.2) is 17.6 Å². The monoisotopic (exact) mass is 540 g/mol. The Morgan fingerprint density at radius 3 is 2.79 bits per heavy atom. The van der Waals surface area contributed by atoms with Crippen LogP contribution in [0.1, 0.15) is 45.5 Å². The standard InChI is InChI=1S/C17H21N5O3.C10H12FNO2/c23-16-15(20-17(24)21-16)14-8-11-9-19-12(2-3-13(11)25-14)10-22-6-1-4-18-5-7-22;1-6-4-5-7(14-3)9(11)8(6)10(13)12-2/h2-3,8,15,18H,1,4-7,9-10H2,(H2,20,21,23,24);4-5H,1-3H3,(H,12,13). The zero-order valence-corrected chi connectivity index (χ0v) is 22.2. The highest BCUT2D eigenvalue weighted by molar-refractivity contribution is 6.04. The number of halogens is 1. The lowest BCUT2D eigenvalue weighted by Crippen LogP contribution is -2.32. The smallest absolute Gasteiger partial charge is 0.322 e. The summed E-state index contributed by atoms with van der Waals surface area (Å²) >= 11 is 0. The molecule has 0 aliphatic carbocycles. The highest BCUT2D eigenvalue weighted by atomic mass is 19.1. The first-order valence-electron chi connectivity index (χ1n) is 12.7. The molecule has 1 aromatic carbocycles. The lowest BCUT2D eigenvalue weighted by Gasteiger charge is -2.19. The van der Waals surface area contributed by atoms with Crippen LogP contribution in [-0.4, -0.2) is 75.3 Å². The van der Waals surface area contributed by atoms with Gasteiger partial charge in [-0.25, -0.2) is 9.18 Å². The highest BCUT2D eigenvalue weighted by Gasteiger charge is 2.34. The third-order valence-corrected chi connectivity index (χ3v) is 6.61. The van der Waals surface area contributed by atoms with Crippen LogP contribution in [0.4, 0.5) is 9.18 Å². The van der Waals surface area contributed by atoms with Crippen LogP contribution in [0.15, 0.2) is 33.7 Å². The first-order valence-corrected chi connectivity index (χ1v) is 12.7. The number of imide groups is 1. The van der Waals surface area contributed by atoms with Crippen molar-refractivity contribution >= 4 is 29.6 Å². The molecule has 3 aliphatic heterocycles. The molecule has 4 heterocycles. The number of urea groups is 1. The number of hydrogen-bond donors (Lipinski definition) is 4. The maximum Gasteiger partial charge on any atom is 0.322 e. The van der Waals surface area contributed by atoms with Crippen LogP contribution in [0.25, 0.3) is 6.08 Å². The lowest BCUT2D eigenvalue weighted by atomic mass is 10.1. The molecule has 0 bridgehead atoms. The molecule has 4 amide bonds. The zero-order chi connectivity index (χ0) is 27.9. The number of amides is 4. The number of aliphatic imine (C=N–C) groups is 1. The lowest BCUT2D eigenvalue weighted by molar-refractivity contribution is -0.120. The third-order valence-electron chi connectivity index (χ3n) is 6.61. The summed E-state index contributed by atoms with van der Waals surface area (Å²) in [6, 6.07) is 3.69. The number of ether oxygens (including phenoxy) is 1. The van der Waals surface area contributed by atoms with Gasteiger partial charge in [-0.15, -0.1) is 0 Å². The van der Waals surface area contributed by atoms with Crippen molar-refractivity contribution in [1.82, 2.24) is 26.2 Å². The van der Waals surface area contributed by atoms with E-state index in [9.17, 15) is 18.8 Å². The highest BCUT2D eigenvalue weighted by Crippen LogP contribution is 2.26. The minimum Gasteiger partial charge on any atom is -0.494 e. The van der Waals surface area contributed by atoms with Crippen LogP contribution >= 0.6 is 0 Å². The Hall–Kier alpha value is -4.03. The first-order chi connectivity index (χ1) is 18.8. The second-order valence-electron chi connectivity index (χ2n) is 9.31. The molecule has 39 heavy (non-hydrogen) atoms. The average Bonchev–Trinajstić information content (AvgIpc) is 3.28. The molecule has 1 atom stereocenters. The van der Waals surface area contributed by atoms with Crippen molar-refractivity contribution in [1.29, 1.82) is 0 Å². The minimum absolute atomic E-state index is 0.0341. The van der Waals surface area contributed by atoms with E-state index in [2.05, 4.69) is 31.2 Å². The van der Waals surface area contributed by atoms with Gasteiger partial charge >= 0.3 is 6.03 Å². The van der Waals surface area contributed by atoms with E-state index < -0.39 is 29.7 Å². The Morgan fingerprint density at radius 2 is 2.08 bits per heavy atom. The summed E-state index contributed by atoms with van der Waals surface area (Å²) in [4.78, 5) is 41.4. The Morgan fingerprint density at radius 1 is 1.26 bits per heavy atom. The van der Waals surface area contributed by atoms with Gasteiger partial charge in [-0.2, -0.15) is 0 Å². The Balaban J connectivity index is 0.000000215. The van der Waals surface area contributed by atoms with Gasteiger partial charge in [0.05, 0.1) is 19.2 Å². The number of furan rings is 1. The summed E-state index contributed by atoms with van der Waals surface area (Å²) < 4.78 is 24.2. The van der Waals surface area contributed by atoms with E-state index in [0.29, 0.717) is 23.6 Å². The van der Waals surface area contributed by atoms with Gasteiger partial charge in [0.1, 0.15) is 11.5 Å². The second-order valence-corrected chi connectivity index (χ2v) is 9.31. The maximum absolute atomic E-state index is 13.6. The molecule has 0 saturated carbocycles. The normalized spacial score (nSPS) is 19.0. The summed E-state index contributed by atoms with van der Waals surface area (Å²) in [6.07, 6.45) is 5.02. The van der Waals surface area contributed by atoms with Crippen molar-refractivity contribution in [2.75, 3.05) is 46.9 Å². The SMILES string of the molecule is CNC(=O)c1c(C)ccc(OC)c1F.O=C1NC(=O)C(c2cc3c(o2)C=CC(CN2CCCNCC2)=NC3)N1. The number of carbonyl (C=O) groups excluding carboxylic acids is 3. The quantitative estimate of drug-likeness (QED) is 0.425. The predicted octanol–water partition coefficient (Wildman–Crippen LogP) is 1.93. The predicted molar refractivity (Wildman–Crippen MR) is 143 cm³/mol. The maximum atomic E-state index is 13.6. The fraction of sp³-hybridized carbons (Fsp3) is 0.407. The van der Waals surface area contributed by atoms with Crippen LogP contribution in [0.3, 0.4) is 0 Å². The van der Waals surface area contributed by atoms with Gasteiger partial charge in [0.25, 0.3) is 11.8 Å². The number of fused-ring (bicyclic) bond motifs is 1. The van der Waals surface area contributed by atoms with Crippen molar-refractivity contribution in [2.24, 2.45) is 4.99 Å². The topological polar surface area (TPSA) is 137 Å². The number of nitrogens with zero attached hydrogens (tertiary/aromatic N) is 2. The largest absolute Gasteiger partial charge is 0.494 e. The summed E-state index contributed by atoms with van der Waals surface area (Å²) in [6.45, 7) is 7.19. The number of aryl methyl sites for hydroxylation is 1. The van der Waals surface area contributed by atoms with E-state index in [1.165, 1.54) is 20.2 Å². The van der Waals surface area contributed by atoms with Crippen LogP contribution in [-0.2, 0) is 11.3 Å². The van der Waals surface area contributed by atoms with Crippen LogP contribution in [0, 0.1) is 12.7 Å². The van der Waals surface area contributed by atoms with Gasteiger partial charge in [-0.1, -0.05) is 6.07 Å². The van der Waals surface area contributed by atoms with Crippen LogP contribution in [0.5, 0.6) is 5.75 Å². The molecular formula is C27H33FN6O5. The van der Waals surface area contributed by atoms with Crippen molar-refractivity contribution in [3.05, 3.63) is 58.3 Å². The molecule has 2 fully saturated rings. The Labute approximate surface area is 225 Å².